The van der Waals surface area contributed by atoms with Crippen LogP contribution in [0.5, 0.6) is 0 Å². The fraction of sp³-hybridized carbons (Fsp3) is 0.269. The van der Waals surface area contributed by atoms with Gasteiger partial charge in [-0.15, -0.1) is 11.8 Å². The third-order valence-corrected chi connectivity index (χ3v) is 14.4. The second-order valence-electron chi connectivity index (χ2n) is 16.9. The molecule has 14 nitrogen and oxygen atoms in total. The highest BCUT2D eigenvalue weighted by Gasteiger charge is 2.26. The summed E-state index contributed by atoms with van der Waals surface area (Å²) in [5, 5.41) is 25.0. The summed E-state index contributed by atoms with van der Waals surface area (Å²) in [6, 6.07) is 35.0. The largest absolute Gasteiger partial charge is 0.396 e. The topological polar surface area (TPSA) is 193 Å². The molecule has 0 aliphatic heterocycles. The Labute approximate surface area is 398 Å². The Morgan fingerprint density at radius 3 is 1.56 bits per heavy atom. The molecule has 0 unspecified atom stereocenters. The second kappa shape index (κ2) is 21.1. The normalized spacial score (nSPS) is 13.6. The Morgan fingerprint density at radius 1 is 0.588 bits per heavy atom. The van der Waals surface area contributed by atoms with Gasteiger partial charge in [-0.1, -0.05) is 84.9 Å². The van der Waals surface area contributed by atoms with Gasteiger partial charge in [-0.2, -0.15) is 0 Å². The minimum atomic E-state index is -3.74. The molecule has 10 rings (SSSR count). The van der Waals surface area contributed by atoms with E-state index in [4.69, 9.17) is 15.2 Å². The summed E-state index contributed by atoms with van der Waals surface area (Å²) in [4.78, 5) is 43.2. The van der Waals surface area contributed by atoms with E-state index >= 15 is 0 Å². The zero-order valence-electron chi connectivity index (χ0n) is 37.4. The molecular weight excluding hydrogens is 897 g/mol. The minimum Gasteiger partial charge on any atom is -0.396 e. The fourth-order valence-corrected chi connectivity index (χ4v) is 10.0. The Balaban J connectivity index is 0.000000170. The number of benzene rings is 4. The molecule has 2 aliphatic rings. The fourth-order valence-electron chi connectivity index (χ4n) is 7.61. The van der Waals surface area contributed by atoms with Gasteiger partial charge in [0.05, 0.1) is 40.9 Å². The summed E-state index contributed by atoms with van der Waals surface area (Å²) in [6.07, 6.45) is 13.9. The first kappa shape index (κ1) is 46.4. The number of hydrogen-bond donors (Lipinski definition) is 4. The van der Waals surface area contributed by atoms with Gasteiger partial charge in [0.25, 0.3) is 11.8 Å². The first-order valence-electron chi connectivity index (χ1n) is 23.0. The summed E-state index contributed by atoms with van der Waals surface area (Å²) in [6.45, 7) is 0.139. The number of aromatic nitrogens is 6. The number of hydrogen-bond acceptors (Lipinski definition) is 11. The molecule has 4 heterocycles. The molecule has 16 heteroatoms. The predicted octanol–water partition coefficient (Wildman–Crippen LogP) is 8.32. The summed E-state index contributed by atoms with van der Waals surface area (Å²) >= 11 is 1.67. The number of nitrogens with zero attached hydrogens (tertiary/aromatic N) is 6. The Hall–Kier alpha value is -6.72. The van der Waals surface area contributed by atoms with Crippen molar-refractivity contribution in [2.45, 2.75) is 73.5 Å². The molecule has 0 saturated heterocycles. The van der Waals surface area contributed by atoms with E-state index in [1.54, 1.807) is 40.7 Å². The number of aliphatic hydroxyl groups is 2. The molecule has 2 saturated carbocycles. The number of sulfone groups is 1. The van der Waals surface area contributed by atoms with Crippen molar-refractivity contribution >= 4 is 44.7 Å². The molecule has 68 heavy (non-hydrogen) atoms. The molecule has 0 atom stereocenters. The average molecular weight is 949 g/mol. The third-order valence-electron chi connectivity index (χ3n) is 11.7. The number of carbonyl (C=O) groups excluding carboxylic acids is 2. The van der Waals surface area contributed by atoms with E-state index in [1.165, 1.54) is 0 Å². The van der Waals surface area contributed by atoms with Gasteiger partial charge in [0.15, 0.2) is 26.2 Å². The maximum Gasteiger partial charge on any atom is 0.251 e. The molecule has 4 aromatic heterocycles. The number of rotatable bonds is 18. The number of amides is 2. The SMILES string of the molecule is O=C(NC1CC1)c1ccc(-c2cnc3c(S(=O)(=O)CCCCO)nc(-c4ccccc4)cn23)cc1.O=C(NC1CC1)c1ccc(-c2cnc3c(SCCCCO)nc(-c4ccccc4)cn23)cc1. The lowest BCUT2D eigenvalue weighted by molar-refractivity contribution is 0.0942. The van der Waals surface area contributed by atoms with E-state index in [-0.39, 0.29) is 47.5 Å². The molecule has 0 radical (unpaired) electrons. The van der Waals surface area contributed by atoms with Crippen molar-refractivity contribution in [1.82, 2.24) is 39.4 Å². The third kappa shape index (κ3) is 11.0. The lowest BCUT2D eigenvalue weighted by Crippen LogP contribution is -2.25. The van der Waals surface area contributed by atoms with Crippen LogP contribution < -0.4 is 10.6 Å². The van der Waals surface area contributed by atoms with Gasteiger partial charge in [0.1, 0.15) is 5.03 Å². The molecule has 348 valence electrons. The monoisotopic (exact) mass is 948 g/mol. The van der Waals surface area contributed by atoms with Crippen LogP contribution in [0.1, 0.15) is 72.1 Å². The standard InChI is InChI=1S/C26H26N4O4S.C26H26N4O2S/c31-14-4-5-15-35(33,34)26-24-27-16-23(30(24)17-22(29-26)18-6-2-1-3-7-18)19-8-10-20(11-9-19)25(32)28-21-12-13-21;31-14-4-5-15-33-26-24-27-16-23(30(24)17-22(29-26)18-6-2-1-3-7-18)19-8-10-20(11-9-19)25(32)28-21-12-13-21/h1-3,6-11,16-17,21,31H,4-5,12-15H2,(H,28,32);1-3,6-11,16-17,21,31H,4-5,12-15H2,(H,28,32). The maximum atomic E-state index is 13.2. The highest BCUT2D eigenvalue weighted by molar-refractivity contribution is 7.99. The van der Waals surface area contributed by atoms with Crippen molar-refractivity contribution in [3.05, 3.63) is 145 Å². The van der Waals surface area contributed by atoms with Crippen LogP contribution in [0.4, 0.5) is 0 Å². The Morgan fingerprint density at radius 2 is 1.06 bits per heavy atom. The zero-order valence-corrected chi connectivity index (χ0v) is 39.0. The molecule has 2 aliphatic carbocycles. The van der Waals surface area contributed by atoms with Gasteiger partial charge in [-0.3, -0.25) is 18.4 Å². The van der Waals surface area contributed by atoms with Crippen LogP contribution >= 0.6 is 11.8 Å². The Kier molecular flexibility index (Phi) is 14.4. The van der Waals surface area contributed by atoms with Crippen molar-refractivity contribution < 1.29 is 28.2 Å². The average Bonchev–Trinajstić information content (AvgIpc) is 4.29. The lowest BCUT2D eigenvalue weighted by atomic mass is 10.1. The van der Waals surface area contributed by atoms with Gasteiger partial charge in [-0.25, -0.2) is 28.4 Å². The highest BCUT2D eigenvalue weighted by atomic mass is 32.2. The van der Waals surface area contributed by atoms with Crippen LogP contribution in [0.15, 0.2) is 144 Å². The predicted molar refractivity (Wildman–Crippen MR) is 264 cm³/mol. The van der Waals surface area contributed by atoms with Crippen molar-refractivity contribution in [1.29, 1.82) is 0 Å². The van der Waals surface area contributed by atoms with Crippen molar-refractivity contribution in [2.75, 3.05) is 24.7 Å². The molecule has 0 bridgehead atoms. The van der Waals surface area contributed by atoms with Crippen LogP contribution in [-0.4, -0.2) is 96.0 Å². The van der Waals surface area contributed by atoms with Crippen molar-refractivity contribution in [2.24, 2.45) is 0 Å². The van der Waals surface area contributed by atoms with Crippen LogP contribution in [0, 0.1) is 0 Å². The number of unbranched alkanes of at least 4 members (excludes halogenated alkanes) is 2. The molecule has 2 fully saturated rings. The summed E-state index contributed by atoms with van der Waals surface area (Å²) in [5.41, 5.74) is 8.98. The van der Waals surface area contributed by atoms with E-state index in [0.29, 0.717) is 41.4 Å². The zero-order chi connectivity index (χ0) is 47.0. The number of imidazole rings is 2. The lowest BCUT2D eigenvalue weighted by Gasteiger charge is -2.11. The van der Waals surface area contributed by atoms with Crippen LogP contribution in [-0.2, 0) is 9.84 Å². The molecular formula is C52H52N8O6S2. The van der Waals surface area contributed by atoms with Gasteiger partial charge < -0.3 is 20.8 Å². The van der Waals surface area contributed by atoms with Crippen LogP contribution in [0.2, 0.25) is 0 Å². The highest BCUT2D eigenvalue weighted by Crippen LogP contribution is 2.32. The number of thioether (sulfide) groups is 1. The smallest absolute Gasteiger partial charge is 0.251 e. The Bertz CT molecular complexity index is 3140. The summed E-state index contributed by atoms with van der Waals surface area (Å²) < 4.78 is 30.3. The van der Waals surface area contributed by atoms with Crippen molar-refractivity contribution in [3.63, 3.8) is 0 Å². The quantitative estimate of drug-likeness (QED) is 0.0478. The second-order valence-corrected chi connectivity index (χ2v) is 20.1. The van der Waals surface area contributed by atoms with E-state index in [1.807, 2.05) is 97.3 Å². The van der Waals surface area contributed by atoms with E-state index < -0.39 is 9.84 Å². The molecule has 2 amide bonds. The van der Waals surface area contributed by atoms with Crippen LogP contribution in [0.3, 0.4) is 0 Å². The van der Waals surface area contributed by atoms with Crippen LogP contribution in [0.25, 0.3) is 56.3 Å². The van der Waals surface area contributed by atoms with Crippen molar-refractivity contribution in [3.8, 4) is 45.0 Å². The molecule has 4 N–H and O–H groups in total. The number of fused-ring (bicyclic) bond motifs is 2. The number of aliphatic hydroxyl groups excluding tert-OH is 2. The summed E-state index contributed by atoms with van der Waals surface area (Å²) in [5.74, 6) is 0.638. The van der Waals surface area contributed by atoms with E-state index in [0.717, 1.165) is 88.6 Å². The van der Waals surface area contributed by atoms with E-state index in [2.05, 4.69) is 42.1 Å². The first-order valence-corrected chi connectivity index (χ1v) is 25.6. The molecule has 0 spiro atoms. The van der Waals surface area contributed by atoms with Gasteiger partial charge in [0.2, 0.25) is 0 Å². The number of nitrogens with one attached hydrogen (secondary N) is 2. The maximum absolute atomic E-state index is 13.2. The minimum absolute atomic E-state index is 0.0145. The number of carbonyl (C=O) groups is 2. The molecule has 8 aromatic rings. The van der Waals surface area contributed by atoms with Gasteiger partial charge in [-0.05, 0) is 81.4 Å². The van der Waals surface area contributed by atoms with Gasteiger partial charge >= 0.3 is 0 Å². The van der Waals surface area contributed by atoms with E-state index in [9.17, 15) is 18.0 Å². The van der Waals surface area contributed by atoms with Gasteiger partial charge in [0, 0.05) is 71.1 Å². The first-order chi connectivity index (χ1) is 33.2. The summed E-state index contributed by atoms with van der Waals surface area (Å²) in [7, 11) is -3.74. The molecule has 4 aromatic carbocycles.